The summed E-state index contributed by atoms with van der Waals surface area (Å²) >= 11 is 6.14. The maximum absolute atomic E-state index is 13.8. The van der Waals surface area contributed by atoms with Crippen LogP contribution in [-0.4, -0.2) is 59.8 Å². The van der Waals surface area contributed by atoms with Gasteiger partial charge in [-0.1, -0.05) is 35.9 Å². The van der Waals surface area contributed by atoms with Crippen LogP contribution < -0.4 is 10.3 Å². The molecule has 1 N–H and O–H groups in total. The lowest BCUT2D eigenvalue weighted by molar-refractivity contribution is 0.125. The second kappa shape index (κ2) is 10.00. The molecule has 1 aliphatic rings. The number of aromatic hydroxyl groups is 1. The van der Waals surface area contributed by atoms with Gasteiger partial charge in [-0.05, 0) is 55.4 Å². The van der Waals surface area contributed by atoms with E-state index in [9.17, 15) is 9.90 Å². The van der Waals surface area contributed by atoms with Crippen molar-refractivity contribution in [1.29, 1.82) is 0 Å². The van der Waals surface area contributed by atoms with E-state index in [1.165, 1.54) is 0 Å². The normalized spacial score (nSPS) is 16.0. The molecule has 0 amide bonds. The fraction of sp³-hybridized carbons (Fsp3) is 0.346. The van der Waals surface area contributed by atoms with Crippen molar-refractivity contribution in [3.05, 3.63) is 92.4 Å². The maximum atomic E-state index is 13.8. The van der Waals surface area contributed by atoms with Gasteiger partial charge in [0.2, 0.25) is 0 Å². The zero-order valence-corrected chi connectivity index (χ0v) is 20.0. The maximum Gasteiger partial charge on any atom is 0.259 e. The summed E-state index contributed by atoms with van der Waals surface area (Å²) < 4.78 is 6.98. The van der Waals surface area contributed by atoms with Crippen LogP contribution in [0.15, 0.2) is 59.4 Å². The van der Waals surface area contributed by atoms with Crippen LogP contribution in [0.5, 0.6) is 11.5 Å². The summed E-state index contributed by atoms with van der Waals surface area (Å²) in [6, 6.07) is 16.6. The SMILES string of the molecule is COc1ccc(Cn2c(C)cc(O)c([C@H](c3ccc(Cl)cc3)N3CCN(C)CC3)c2=O)cc1. The first-order chi connectivity index (χ1) is 15.9. The first-order valence-electron chi connectivity index (χ1n) is 11.1. The van der Waals surface area contributed by atoms with Crippen molar-refractivity contribution in [2.45, 2.75) is 19.5 Å². The standard InChI is InChI=1S/C26H30ClN3O3/c1-18-16-23(31)24(26(32)30(18)17-19-4-10-22(33-3)11-5-19)25(20-6-8-21(27)9-7-20)29-14-12-28(2)13-15-29/h4-11,16,25,31H,12-15,17H2,1-3H3/t25-/m0/s1. The minimum atomic E-state index is -0.355. The highest BCUT2D eigenvalue weighted by Gasteiger charge is 2.30. The van der Waals surface area contributed by atoms with Crippen LogP contribution in [0.3, 0.4) is 0 Å². The predicted octanol–water partition coefficient (Wildman–Crippen LogP) is 3.91. The van der Waals surface area contributed by atoms with Gasteiger partial charge in [0.25, 0.3) is 5.56 Å². The van der Waals surface area contributed by atoms with Crippen LogP contribution >= 0.6 is 11.6 Å². The van der Waals surface area contributed by atoms with Gasteiger partial charge in [0.1, 0.15) is 11.5 Å². The number of hydrogen-bond acceptors (Lipinski definition) is 5. The van der Waals surface area contributed by atoms with Gasteiger partial charge in [-0.15, -0.1) is 0 Å². The van der Waals surface area contributed by atoms with Gasteiger partial charge in [-0.2, -0.15) is 0 Å². The molecule has 0 unspecified atom stereocenters. The first kappa shape index (κ1) is 23.4. The number of aryl methyl sites for hydroxylation is 1. The summed E-state index contributed by atoms with van der Waals surface area (Å²) in [7, 11) is 3.73. The topological polar surface area (TPSA) is 57.9 Å². The van der Waals surface area contributed by atoms with E-state index in [2.05, 4.69) is 16.8 Å². The molecule has 7 heteroatoms. The molecule has 1 atom stereocenters. The Morgan fingerprint density at radius 1 is 1.03 bits per heavy atom. The predicted molar refractivity (Wildman–Crippen MR) is 132 cm³/mol. The van der Waals surface area contributed by atoms with E-state index in [4.69, 9.17) is 16.3 Å². The Balaban J connectivity index is 1.79. The molecule has 3 aromatic rings. The molecule has 0 bridgehead atoms. The van der Waals surface area contributed by atoms with Crippen molar-refractivity contribution >= 4 is 11.6 Å². The number of benzene rings is 2. The van der Waals surface area contributed by atoms with Crippen molar-refractivity contribution < 1.29 is 9.84 Å². The number of methoxy groups -OCH3 is 1. The van der Waals surface area contributed by atoms with Crippen LogP contribution in [0.4, 0.5) is 0 Å². The number of nitrogens with zero attached hydrogens (tertiary/aromatic N) is 3. The zero-order chi connectivity index (χ0) is 23.5. The van der Waals surface area contributed by atoms with Crippen LogP contribution in [0.25, 0.3) is 0 Å². The van der Waals surface area contributed by atoms with Gasteiger partial charge in [0.15, 0.2) is 0 Å². The number of likely N-dealkylation sites (N-methyl/N-ethyl adjacent to an activating group) is 1. The summed E-state index contributed by atoms with van der Waals surface area (Å²) in [5, 5.41) is 11.6. The van der Waals surface area contributed by atoms with E-state index >= 15 is 0 Å². The molecule has 1 saturated heterocycles. The molecule has 0 spiro atoms. The average molecular weight is 468 g/mol. The molecule has 1 aromatic heterocycles. The Kier molecular flexibility index (Phi) is 7.08. The number of aromatic nitrogens is 1. The Hall–Kier alpha value is -2.80. The molecule has 1 fully saturated rings. The van der Waals surface area contributed by atoms with Gasteiger partial charge in [0, 0.05) is 36.9 Å². The molecule has 0 aliphatic carbocycles. The Morgan fingerprint density at radius 3 is 2.27 bits per heavy atom. The lowest BCUT2D eigenvalue weighted by atomic mass is 9.96. The highest BCUT2D eigenvalue weighted by atomic mass is 35.5. The van der Waals surface area contributed by atoms with Crippen molar-refractivity contribution in [3.63, 3.8) is 0 Å². The summed E-state index contributed by atoms with van der Waals surface area (Å²) in [5.41, 5.74) is 2.87. The van der Waals surface area contributed by atoms with Gasteiger partial charge >= 0.3 is 0 Å². The molecular formula is C26H30ClN3O3. The van der Waals surface area contributed by atoms with Crippen molar-refractivity contribution in [1.82, 2.24) is 14.4 Å². The van der Waals surface area contributed by atoms with Gasteiger partial charge in [-0.25, -0.2) is 0 Å². The van der Waals surface area contributed by atoms with Gasteiger partial charge < -0.3 is 19.3 Å². The fourth-order valence-electron chi connectivity index (χ4n) is 4.42. The van der Waals surface area contributed by atoms with Crippen molar-refractivity contribution in [3.8, 4) is 11.5 Å². The Morgan fingerprint density at radius 2 is 1.67 bits per heavy atom. The van der Waals surface area contributed by atoms with E-state index in [0.717, 1.165) is 43.1 Å². The van der Waals surface area contributed by atoms with Crippen LogP contribution in [0.1, 0.15) is 28.4 Å². The third-order valence-corrected chi connectivity index (χ3v) is 6.64. The molecule has 4 rings (SSSR count). The highest BCUT2D eigenvalue weighted by molar-refractivity contribution is 6.30. The molecule has 1 aliphatic heterocycles. The molecule has 174 valence electrons. The Labute approximate surface area is 199 Å². The van der Waals surface area contributed by atoms with Crippen molar-refractivity contribution in [2.24, 2.45) is 0 Å². The minimum Gasteiger partial charge on any atom is -0.507 e. The third kappa shape index (κ3) is 5.08. The van der Waals surface area contributed by atoms with E-state index in [1.807, 2.05) is 55.5 Å². The highest BCUT2D eigenvalue weighted by Crippen LogP contribution is 2.34. The van der Waals surface area contributed by atoms with Gasteiger partial charge in [0.05, 0.1) is 25.3 Å². The van der Waals surface area contributed by atoms with E-state index in [1.54, 1.807) is 17.7 Å². The smallest absolute Gasteiger partial charge is 0.259 e. The van der Waals surface area contributed by atoms with Crippen LogP contribution in [0.2, 0.25) is 5.02 Å². The molecule has 2 aromatic carbocycles. The zero-order valence-electron chi connectivity index (χ0n) is 19.3. The summed E-state index contributed by atoms with van der Waals surface area (Å²) in [6.45, 7) is 5.66. The summed E-state index contributed by atoms with van der Waals surface area (Å²) in [6.07, 6.45) is 0. The monoisotopic (exact) mass is 467 g/mol. The third-order valence-electron chi connectivity index (χ3n) is 6.38. The summed E-state index contributed by atoms with van der Waals surface area (Å²) in [4.78, 5) is 18.4. The summed E-state index contributed by atoms with van der Waals surface area (Å²) in [5.74, 6) is 0.800. The van der Waals surface area contributed by atoms with Gasteiger partial charge in [-0.3, -0.25) is 9.69 Å². The van der Waals surface area contributed by atoms with E-state index in [0.29, 0.717) is 22.8 Å². The van der Waals surface area contributed by atoms with E-state index < -0.39 is 0 Å². The number of ether oxygens (including phenoxy) is 1. The molecule has 6 nitrogen and oxygen atoms in total. The second-order valence-corrected chi connectivity index (χ2v) is 9.05. The molecular weight excluding hydrogens is 438 g/mol. The number of rotatable bonds is 6. The second-order valence-electron chi connectivity index (χ2n) is 8.62. The number of halogens is 1. The van der Waals surface area contributed by atoms with Crippen molar-refractivity contribution in [2.75, 3.05) is 40.3 Å². The Bertz CT molecular complexity index is 1150. The van der Waals surface area contributed by atoms with E-state index in [-0.39, 0.29) is 17.4 Å². The van der Waals surface area contributed by atoms with Crippen LogP contribution in [-0.2, 0) is 6.54 Å². The fourth-order valence-corrected chi connectivity index (χ4v) is 4.55. The molecule has 0 radical (unpaired) electrons. The molecule has 33 heavy (non-hydrogen) atoms. The minimum absolute atomic E-state index is 0.0300. The first-order valence-corrected chi connectivity index (χ1v) is 11.5. The molecule has 2 heterocycles. The molecule has 0 saturated carbocycles. The lowest BCUT2D eigenvalue weighted by Gasteiger charge is -2.38. The quantitative estimate of drug-likeness (QED) is 0.595. The number of piperazine rings is 1. The lowest BCUT2D eigenvalue weighted by Crippen LogP contribution is -2.47. The number of pyridine rings is 1. The number of hydrogen-bond donors (Lipinski definition) is 1. The van der Waals surface area contributed by atoms with Crippen LogP contribution in [0, 0.1) is 6.92 Å². The average Bonchev–Trinajstić information content (AvgIpc) is 2.81. The largest absolute Gasteiger partial charge is 0.507 e.